The van der Waals surface area contributed by atoms with E-state index in [1.165, 1.54) is 0 Å². The SMILES string of the molecule is CCOc1cccc(-c2nc3ccc[c]c3s2)c1. The highest BCUT2D eigenvalue weighted by Crippen LogP contribution is 2.31. The molecule has 3 rings (SSSR count). The van der Waals surface area contributed by atoms with Gasteiger partial charge in [-0.1, -0.05) is 24.3 Å². The zero-order valence-electron chi connectivity index (χ0n) is 10.0. The van der Waals surface area contributed by atoms with Crippen LogP contribution in [-0.2, 0) is 0 Å². The van der Waals surface area contributed by atoms with Crippen molar-refractivity contribution in [2.45, 2.75) is 6.92 Å². The summed E-state index contributed by atoms with van der Waals surface area (Å²) in [5.74, 6) is 0.887. The Kier molecular flexibility index (Phi) is 2.99. The van der Waals surface area contributed by atoms with Gasteiger partial charge in [0.25, 0.3) is 0 Å². The lowest BCUT2D eigenvalue weighted by atomic mass is 10.2. The van der Waals surface area contributed by atoms with Crippen LogP contribution in [0.5, 0.6) is 5.75 Å². The maximum atomic E-state index is 5.51. The molecule has 2 aromatic carbocycles. The summed E-state index contributed by atoms with van der Waals surface area (Å²) in [6, 6.07) is 17.1. The fraction of sp³-hybridized carbons (Fsp3) is 0.133. The predicted molar refractivity (Wildman–Crippen MR) is 75.1 cm³/mol. The quantitative estimate of drug-likeness (QED) is 0.700. The number of benzene rings is 2. The van der Waals surface area contributed by atoms with Crippen LogP contribution in [0.2, 0.25) is 0 Å². The summed E-state index contributed by atoms with van der Waals surface area (Å²) in [4.78, 5) is 4.62. The highest BCUT2D eigenvalue weighted by atomic mass is 32.1. The van der Waals surface area contributed by atoms with Gasteiger partial charge in [-0.3, -0.25) is 0 Å². The smallest absolute Gasteiger partial charge is 0.124 e. The summed E-state index contributed by atoms with van der Waals surface area (Å²) in [6.45, 7) is 2.66. The average Bonchev–Trinajstić information content (AvgIpc) is 2.83. The Hall–Kier alpha value is -1.87. The second-order valence-corrected chi connectivity index (χ2v) is 4.86. The molecule has 0 saturated heterocycles. The maximum Gasteiger partial charge on any atom is 0.124 e. The Balaban J connectivity index is 2.05. The van der Waals surface area contributed by atoms with Gasteiger partial charge >= 0.3 is 0 Å². The minimum Gasteiger partial charge on any atom is -0.494 e. The topological polar surface area (TPSA) is 22.1 Å². The average molecular weight is 254 g/mol. The molecule has 0 aliphatic carbocycles. The Morgan fingerprint density at radius 1 is 1.28 bits per heavy atom. The molecule has 0 aliphatic rings. The van der Waals surface area contributed by atoms with E-state index in [0.717, 1.165) is 26.5 Å². The van der Waals surface area contributed by atoms with Crippen LogP contribution in [0, 0.1) is 6.07 Å². The Labute approximate surface area is 110 Å². The van der Waals surface area contributed by atoms with Crippen molar-refractivity contribution in [2.24, 2.45) is 0 Å². The summed E-state index contributed by atoms with van der Waals surface area (Å²) in [6.07, 6.45) is 0. The fourth-order valence-electron chi connectivity index (χ4n) is 1.82. The maximum absolute atomic E-state index is 5.51. The van der Waals surface area contributed by atoms with Gasteiger partial charge in [0.05, 0.1) is 16.8 Å². The van der Waals surface area contributed by atoms with E-state index in [1.54, 1.807) is 11.3 Å². The molecular formula is C15H12NOS. The van der Waals surface area contributed by atoms with E-state index in [2.05, 4.69) is 17.1 Å². The monoisotopic (exact) mass is 254 g/mol. The molecule has 0 atom stereocenters. The van der Waals surface area contributed by atoms with Crippen molar-refractivity contribution in [3.8, 4) is 16.3 Å². The van der Waals surface area contributed by atoms with Crippen molar-refractivity contribution in [3.05, 3.63) is 48.5 Å². The van der Waals surface area contributed by atoms with Crippen LogP contribution >= 0.6 is 11.3 Å². The molecule has 1 aromatic heterocycles. The lowest BCUT2D eigenvalue weighted by molar-refractivity contribution is 0.340. The minimum atomic E-state index is 0.678. The molecule has 0 N–H and O–H groups in total. The second-order valence-electron chi connectivity index (χ2n) is 3.86. The van der Waals surface area contributed by atoms with Gasteiger partial charge in [-0.15, -0.1) is 11.3 Å². The highest BCUT2D eigenvalue weighted by molar-refractivity contribution is 7.21. The number of fused-ring (bicyclic) bond motifs is 1. The molecule has 0 aliphatic heterocycles. The molecule has 3 aromatic rings. The van der Waals surface area contributed by atoms with Crippen LogP contribution < -0.4 is 4.74 Å². The normalized spacial score (nSPS) is 10.7. The number of rotatable bonds is 3. The molecular weight excluding hydrogens is 242 g/mol. The van der Waals surface area contributed by atoms with Crippen LogP contribution in [0.1, 0.15) is 6.92 Å². The fourth-order valence-corrected chi connectivity index (χ4v) is 2.75. The zero-order valence-corrected chi connectivity index (χ0v) is 10.8. The third-order valence-electron chi connectivity index (χ3n) is 2.61. The minimum absolute atomic E-state index is 0.678. The summed E-state index contributed by atoms with van der Waals surface area (Å²) >= 11 is 1.65. The Bertz CT molecular complexity index is 642. The van der Waals surface area contributed by atoms with E-state index >= 15 is 0 Å². The first-order valence-electron chi connectivity index (χ1n) is 5.87. The van der Waals surface area contributed by atoms with Crippen LogP contribution in [-0.4, -0.2) is 11.6 Å². The number of hydrogen-bond acceptors (Lipinski definition) is 3. The van der Waals surface area contributed by atoms with Crippen molar-refractivity contribution < 1.29 is 4.74 Å². The number of ether oxygens (including phenoxy) is 1. The molecule has 0 saturated carbocycles. The van der Waals surface area contributed by atoms with Crippen LogP contribution in [0.3, 0.4) is 0 Å². The van der Waals surface area contributed by atoms with Crippen LogP contribution in [0.25, 0.3) is 20.8 Å². The van der Waals surface area contributed by atoms with Crippen LogP contribution in [0.15, 0.2) is 42.5 Å². The van der Waals surface area contributed by atoms with Gasteiger partial charge in [-0.25, -0.2) is 4.98 Å². The summed E-state index contributed by atoms with van der Waals surface area (Å²) < 4.78 is 6.60. The number of aromatic nitrogens is 1. The first kappa shape index (κ1) is 11.2. The van der Waals surface area contributed by atoms with E-state index in [9.17, 15) is 0 Å². The van der Waals surface area contributed by atoms with E-state index in [0.29, 0.717) is 6.61 Å². The van der Waals surface area contributed by atoms with Gasteiger partial charge in [-0.2, -0.15) is 0 Å². The first-order valence-corrected chi connectivity index (χ1v) is 6.69. The number of nitrogens with zero attached hydrogens (tertiary/aromatic N) is 1. The van der Waals surface area contributed by atoms with Gasteiger partial charge in [-0.05, 0) is 25.1 Å². The zero-order chi connectivity index (χ0) is 12.4. The molecule has 0 fully saturated rings. The van der Waals surface area contributed by atoms with Gasteiger partial charge < -0.3 is 4.74 Å². The third-order valence-corrected chi connectivity index (χ3v) is 3.66. The van der Waals surface area contributed by atoms with Gasteiger partial charge in [0.1, 0.15) is 10.8 Å². The van der Waals surface area contributed by atoms with Crippen molar-refractivity contribution in [1.82, 2.24) is 4.98 Å². The summed E-state index contributed by atoms with van der Waals surface area (Å²) in [5, 5.41) is 1.01. The molecule has 2 nitrogen and oxygen atoms in total. The van der Waals surface area contributed by atoms with E-state index in [4.69, 9.17) is 4.74 Å². The van der Waals surface area contributed by atoms with Gasteiger partial charge in [0.2, 0.25) is 0 Å². The van der Waals surface area contributed by atoms with Crippen LogP contribution in [0.4, 0.5) is 0 Å². The first-order chi connectivity index (χ1) is 8.86. The molecule has 0 spiro atoms. The largest absolute Gasteiger partial charge is 0.494 e. The highest BCUT2D eigenvalue weighted by Gasteiger charge is 2.06. The third kappa shape index (κ3) is 2.09. The lowest BCUT2D eigenvalue weighted by Crippen LogP contribution is -1.90. The number of hydrogen-bond donors (Lipinski definition) is 0. The van der Waals surface area contributed by atoms with Crippen molar-refractivity contribution in [1.29, 1.82) is 0 Å². The lowest BCUT2D eigenvalue weighted by Gasteiger charge is -2.03. The van der Waals surface area contributed by atoms with Gasteiger partial charge in [0, 0.05) is 11.6 Å². The molecule has 3 heteroatoms. The molecule has 1 heterocycles. The second kappa shape index (κ2) is 4.78. The Morgan fingerprint density at radius 3 is 3.06 bits per heavy atom. The standard InChI is InChI=1S/C15H12NOS/c1-2-17-12-7-5-6-11(10-12)15-16-13-8-3-4-9-14(13)18-15/h3-8,10H,2H2,1H3. The molecule has 0 bridgehead atoms. The van der Waals surface area contributed by atoms with E-state index < -0.39 is 0 Å². The molecule has 1 radical (unpaired) electrons. The Morgan fingerprint density at radius 2 is 2.22 bits per heavy atom. The van der Waals surface area contributed by atoms with E-state index in [-0.39, 0.29) is 0 Å². The van der Waals surface area contributed by atoms with Gasteiger partial charge in [0.15, 0.2) is 0 Å². The number of thiazole rings is 1. The summed E-state index contributed by atoms with van der Waals surface area (Å²) in [5.41, 5.74) is 2.09. The molecule has 0 amide bonds. The van der Waals surface area contributed by atoms with Crippen molar-refractivity contribution >= 4 is 21.6 Å². The van der Waals surface area contributed by atoms with Crippen molar-refractivity contribution in [3.63, 3.8) is 0 Å². The summed E-state index contributed by atoms with van der Waals surface area (Å²) in [7, 11) is 0. The van der Waals surface area contributed by atoms with Crippen molar-refractivity contribution in [2.75, 3.05) is 6.61 Å². The molecule has 0 unspecified atom stereocenters. The molecule has 18 heavy (non-hydrogen) atoms. The predicted octanol–water partition coefficient (Wildman–Crippen LogP) is 4.16. The molecule has 89 valence electrons. The van der Waals surface area contributed by atoms with E-state index in [1.807, 2.05) is 43.3 Å².